The molecule has 1 rings (SSSR count). The van der Waals surface area contributed by atoms with Gasteiger partial charge in [0, 0.05) is 12.4 Å². The first-order chi connectivity index (χ1) is 5.43. The zero-order valence-corrected chi connectivity index (χ0v) is 5.90. The highest BCUT2D eigenvalue weighted by Crippen LogP contribution is 2.01. The summed E-state index contributed by atoms with van der Waals surface area (Å²) < 4.78 is 0. The predicted molar refractivity (Wildman–Crippen MR) is 43.1 cm³/mol. The van der Waals surface area contributed by atoms with Crippen molar-refractivity contribution in [3.05, 3.63) is 36.8 Å². The van der Waals surface area contributed by atoms with Crippen LogP contribution in [0, 0.1) is 0 Å². The van der Waals surface area contributed by atoms with Gasteiger partial charge in [-0.2, -0.15) is 0 Å². The number of nitrogens with one attached hydrogen (secondary N) is 1. The lowest BCUT2D eigenvalue weighted by atomic mass is 10.4. The number of carbonyl (C=O) groups excluding carboxylic acids is 1. The van der Waals surface area contributed by atoms with Gasteiger partial charge in [0.1, 0.15) is 6.29 Å². The van der Waals surface area contributed by atoms with E-state index in [1.807, 2.05) is 12.1 Å². The number of hydrogen-bond donors (Lipinski definition) is 1. The van der Waals surface area contributed by atoms with Gasteiger partial charge in [-0.05, 0) is 18.2 Å². The van der Waals surface area contributed by atoms with Crippen molar-refractivity contribution < 1.29 is 4.79 Å². The first kappa shape index (κ1) is 7.47. The second-order valence-corrected chi connectivity index (χ2v) is 1.88. The lowest BCUT2D eigenvalue weighted by Gasteiger charge is -1.95. The molecule has 0 aliphatic rings. The molecule has 0 aliphatic heterocycles. The fourth-order valence-electron chi connectivity index (χ4n) is 0.632. The van der Waals surface area contributed by atoms with Crippen molar-refractivity contribution in [1.29, 1.82) is 0 Å². The number of aromatic nitrogens is 1. The van der Waals surface area contributed by atoms with Crippen molar-refractivity contribution in [2.75, 3.05) is 5.32 Å². The van der Waals surface area contributed by atoms with Gasteiger partial charge in [0.05, 0.1) is 11.9 Å². The molecule has 0 spiro atoms. The molecule has 0 aromatic carbocycles. The minimum Gasteiger partial charge on any atom is -0.360 e. The van der Waals surface area contributed by atoms with Crippen LogP contribution in [0.2, 0.25) is 0 Å². The van der Waals surface area contributed by atoms with E-state index in [0.29, 0.717) is 6.29 Å². The molecule has 1 heterocycles. The van der Waals surface area contributed by atoms with Crippen molar-refractivity contribution >= 4 is 12.0 Å². The summed E-state index contributed by atoms with van der Waals surface area (Å²) in [6, 6.07) is 3.68. The van der Waals surface area contributed by atoms with E-state index in [9.17, 15) is 4.79 Å². The van der Waals surface area contributed by atoms with E-state index in [1.165, 1.54) is 6.08 Å². The van der Waals surface area contributed by atoms with Crippen LogP contribution in [0.3, 0.4) is 0 Å². The summed E-state index contributed by atoms with van der Waals surface area (Å²) in [7, 11) is 0. The van der Waals surface area contributed by atoms with E-state index < -0.39 is 0 Å². The molecule has 0 radical (unpaired) electrons. The van der Waals surface area contributed by atoms with Crippen molar-refractivity contribution in [3.8, 4) is 0 Å². The monoisotopic (exact) mass is 148 g/mol. The zero-order valence-electron chi connectivity index (χ0n) is 5.90. The summed E-state index contributed by atoms with van der Waals surface area (Å²) in [6.07, 6.45) is 7.02. The highest BCUT2D eigenvalue weighted by atomic mass is 16.1. The second kappa shape index (κ2) is 4.22. The lowest BCUT2D eigenvalue weighted by molar-refractivity contribution is -0.104. The number of anilines is 1. The smallest absolute Gasteiger partial charge is 0.144 e. The fraction of sp³-hybridized carbons (Fsp3) is 0. The fourth-order valence-corrected chi connectivity index (χ4v) is 0.632. The number of rotatable bonds is 3. The van der Waals surface area contributed by atoms with Gasteiger partial charge in [-0.15, -0.1) is 0 Å². The third-order valence-corrected chi connectivity index (χ3v) is 1.09. The van der Waals surface area contributed by atoms with Crippen molar-refractivity contribution in [3.63, 3.8) is 0 Å². The Hall–Kier alpha value is -1.64. The molecule has 1 aromatic rings. The largest absolute Gasteiger partial charge is 0.360 e. The highest BCUT2D eigenvalue weighted by Gasteiger charge is 1.82. The Morgan fingerprint density at radius 2 is 2.45 bits per heavy atom. The van der Waals surface area contributed by atoms with Crippen LogP contribution in [0.4, 0.5) is 5.69 Å². The molecular formula is C8H8N2O. The average Bonchev–Trinajstić information content (AvgIpc) is 2.07. The molecule has 0 amide bonds. The minimum atomic E-state index is 0.712. The normalized spacial score (nSPS) is 9.82. The Balaban J connectivity index is 2.51. The quantitative estimate of drug-likeness (QED) is 0.517. The molecule has 56 valence electrons. The molecule has 0 saturated carbocycles. The minimum absolute atomic E-state index is 0.712. The van der Waals surface area contributed by atoms with Gasteiger partial charge >= 0.3 is 0 Å². The SMILES string of the molecule is O=CC=CNc1cccnc1. The topological polar surface area (TPSA) is 42.0 Å². The Bertz CT molecular complexity index is 244. The maximum atomic E-state index is 9.85. The number of hydrogen-bond acceptors (Lipinski definition) is 3. The first-order valence-electron chi connectivity index (χ1n) is 3.20. The summed E-state index contributed by atoms with van der Waals surface area (Å²) in [6.45, 7) is 0. The molecule has 11 heavy (non-hydrogen) atoms. The number of pyridine rings is 1. The predicted octanol–water partition coefficient (Wildman–Crippen LogP) is 1.21. The van der Waals surface area contributed by atoms with E-state index in [4.69, 9.17) is 0 Å². The van der Waals surface area contributed by atoms with Crippen LogP contribution < -0.4 is 5.32 Å². The number of carbonyl (C=O) groups is 1. The zero-order chi connectivity index (χ0) is 7.94. The molecule has 0 aliphatic carbocycles. The van der Waals surface area contributed by atoms with Crippen molar-refractivity contribution in [2.45, 2.75) is 0 Å². The molecule has 3 heteroatoms. The van der Waals surface area contributed by atoms with Crippen LogP contribution in [0.15, 0.2) is 36.8 Å². The van der Waals surface area contributed by atoms with Gasteiger partial charge in [0.25, 0.3) is 0 Å². The van der Waals surface area contributed by atoms with Crippen LogP contribution >= 0.6 is 0 Å². The molecule has 1 aromatic heterocycles. The van der Waals surface area contributed by atoms with Crippen LogP contribution in [0.5, 0.6) is 0 Å². The van der Waals surface area contributed by atoms with Crippen molar-refractivity contribution in [2.24, 2.45) is 0 Å². The maximum Gasteiger partial charge on any atom is 0.144 e. The molecule has 0 saturated heterocycles. The summed E-state index contributed by atoms with van der Waals surface area (Å²) in [5.74, 6) is 0. The van der Waals surface area contributed by atoms with Gasteiger partial charge in [0.2, 0.25) is 0 Å². The second-order valence-electron chi connectivity index (χ2n) is 1.88. The third-order valence-electron chi connectivity index (χ3n) is 1.09. The molecule has 0 atom stereocenters. The van der Waals surface area contributed by atoms with Gasteiger partial charge in [-0.25, -0.2) is 0 Å². The Kier molecular flexibility index (Phi) is 2.86. The first-order valence-corrected chi connectivity index (χ1v) is 3.20. The van der Waals surface area contributed by atoms with Gasteiger partial charge < -0.3 is 5.32 Å². The van der Waals surface area contributed by atoms with Gasteiger partial charge in [0.15, 0.2) is 0 Å². The Morgan fingerprint density at radius 3 is 3.09 bits per heavy atom. The average molecular weight is 148 g/mol. The standard InChI is InChI=1S/C8H8N2O/c11-6-2-5-10-8-3-1-4-9-7-8/h1-7,10H. The molecular weight excluding hydrogens is 140 g/mol. The number of nitrogens with zero attached hydrogens (tertiary/aromatic N) is 1. The van der Waals surface area contributed by atoms with Gasteiger partial charge in [-0.3, -0.25) is 9.78 Å². The number of aldehydes is 1. The molecule has 0 unspecified atom stereocenters. The third kappa shape index (κ3) is 2.62. The molecule has 3 nitrogen and oxygen atoms in total. The molecule has 1 N–H and O–H groups in total. The van der Waals surface area contributed by atoms with Crippen molar-refractivity contribution in [1.82, 2.24) is 4.98 Å². The van der Waals surface area contributed by atoms with E-state index in [-0.39, 0.29) is 0 Å². The highest BCUT2D eigenvalue weighted by molar-refractivity contribution is 5.65. The summed E-state index contributed by atoms with van der Waals surface area (Å²) >= 11 is 0. The molecule has 0 fully saturated rings. The van der Waals surface area contributed by atoms with Gasteiger partial charge in [-0.1, -0.05) is 0 Å². The molecule has 0 bridgehead atoms. The van der Waals surface area contributed by atoms with Crippen LogP contribution in [-0.4, -0.2) is 11.3 Å². The summed E-state index contributed by atoms with van der Waals surface area (Å²) in [5, 5.41) is 2.87. The maximum absolute atomic E-state index is 9.85. The lowest BCUT2D eigenvalue weighted by Crippen LogP contribution is -1.86. The van der Waals surface area contributed by atoms with E-state index in [0.717, 1.165) is 5.69 Å². The van der Waals surface area contributed by atoms with E-state index in [1.54, 1.807) is 18.6 Å². The Labute approximate surface area is 64.8 Å². The van der Waals surface area contributed by atoms with Crippen LogP contribution in [0.1, 0.15) is 0 Å². The van der Waals surface area contributed by atoms with Crippen LogP contribution in [0.25, 0.3) is 0 Å². The Morgan fingerprint density at radius 1 is 1.55 bits per heavy atom. The summed E-state index contributed by atoms with van der Waals surface area (Å²) in [4.78, 5) is 13.7. The number of allylic oxidation sites excluding steroid dienone is 1. The summed E-state index contributed by atoms with van der Waals surface area (Å²) in [5.41, 5.74) is 0.866. The van der Waals surface area contributed by atoms with Crippen LogP contribution in [-0.2, 0) is 4.79 Å². The van der Waals surface area contributed by atoms with E-state index >= 15 is 0 Å². The van der Waals surface area contributed by atoms with E-state index in [2.05, 4.69) is 10.3 Å².